The van der Waals surface area contributed by atoms with Crippen LogP contribution in [-0.4, -0.2) is 0 Å². The average molecular weight is 340 g/mol. The Morgan fingerprint density at radius 3 is 2.50 bits per heavy atom. The molecule has 0 saturated carbocycles. The predicted molar refractivity (Wildman–Crippen MR) is 75.4 cm³/mol. The van der Waals surface area contributed by atoms with Crippen molar-refractivity contribution in [3.05, 3.63) is 63.6 Å². The van der Waals surface area contributed by atoms with Crippen molar-refractivity contribution in [2.45, 2.75) is 18.6 Å². The Bertz CT molecular complexity index is 662. The zero-order valence-corrected chi connectivity index (χ0v) is 12.0. The highest BCUT2D eigenvalue weighted by atomic mass is 79.9. The Labute approximate surface area is 123 Å². The van der Waals surface area contributed by atoms with E-state index >= 15 is 0 Å². The lowest BCUT2D eigenvalue weighted by atomic mass is 9.93. The third-order valence-corrected chi connectivity index (χ3v) is 4.10. The van der Waals surface area contributed by atoms with Crippen LogP contribution in [0.25, 0.3) is 0 Å². The van der Waals surface area contributed by atoms with Crippen LogP contribution in [0.2, 0.25) is 0 Å². The third kappa shape index (κ3) is 2.43. The molecule has 0 aliphatic carbocycles. The van der Waals surface area contributed by atoms with Crippen LogP contribution in [0, 0.1) is 11.6 Å². The standard InChI is InChI=1S/C15H12BrF2NO/c16-12-6-9(18)1-3-10(12)15-7-13(19)11-5-8(17)2-4-14(11)20-15/h1-6,13,15H,7,19H2/t13-,15?/m0/s1. The third-order valence-electron chi connectivity index (χ3n) is 3.42. The van der Waals surface area contributed by atoms with Crippen LogP contribution in [0.3, 0.4) is 0 Å². The molecule has 1 aliphatic rings. The quantitative estimate of drug-likeness (QED) is 0.842. The number of nitrogens with two attached hydrogens (primary N) is 1. The van der Waals surface area contributed by atoms with E-state index in [1.807, 2.05) is 0 Å². The summed E-state index contributed by atoms with van der Waals surface area (Å²) in [4.78, 5) is 0. The summed E-state index contributed by atoms with van der Waals surface area (Å²) in [6, 6.07) is 8.46. The minimum atomic E-state index is -0.329. The fourth-order valence-electron chi connectivity index (χ4n) is 2.43. The molecule has 0 bridgehead atoms. The molecule has 2 N–H and O–H groups in total. The number of hydrogen-bond acceptors (Lipinski definition) is 2. The van der Waals surface area contributed by atoms with Crippen molar-refractivity contribution in [3.8, 4) is 5.75 Å². The molecule has 0 saturated heterocycles. The van der Waals surface area contributed by atoms with Crippen LogP contribution in [0.5, 0.6) is 5.75 Å². The van der Waals surface area contributed by atoms with Gasteiger partial charge in [-0.25, -0.2) is 8.78 Å². The van der Waals surface area contributed by atoms with E-state index in [4.69, 9.17) is 10.5 Å². The maximum atomic E-state index is 13.2. The first-order chi connectivity index (χ1) is 9.54. The van der Waals surface area contributed by atoms with Crippen LogP contribution in [-0.2, 0) is 0 Å². The number of hydrogen-bond donors (Lipinski definition) is 1. The van der Waals surface area contributed by atoms with E-state index in [-0.39, 0.29) is 23.8 Å². The van der Waals surface area contributed by atoms with Crippen LogP contribution in [0.4, 0.5) is 8.78 Å². The molecule has 1 unspecified atom stereocenters. The maximum Gasteiger partial charge on any atom is 0.127 e. The molecule has 5 heteroatoms. The van der Waals surface area contributed by atoms with Gasteiger partial charge in [-0.05, 0) is 30.3 Å². The van der Waals surface area contributed by atoms with Gasteiger partial charge in [0.2, 0.25) is 0 Å². The Kier molecular flexibility index (Phi) is 3.48. The molecule has 20 heavy (non-hydrogen) atoms. The summed E-state index contributed by atoms with van der Waals surface area (Å²) >= 11 is 3.33. The summed E-state index contributed by atoms with van der Waals surface area (Å²) in [5, 5.41) is 0. The maximum absolute atomic E-state index is 13.2. The largest absolute Gasteiger partial charge is 0.485 e. The molecule has 2 nitrogen and oxygen atoms in total. The Morgan fingerprint density at radius 2 is 1.75 bits per heavy atom. The second kappa shape index (κ2) is 5.14. The smallest absolute Gasteiger partial charge is 0.127 e. The van der Waals surface area contributed by atoms with Gasteiger partial charge in [0.05, 0.1) is 0 Å². The number of rotatable bonds is 1. The van der Waals surface area contributed by atoms with Gasteiger partial charge in [0, 0.05) is 28.1 Å². The lowest BCUT2D eigenvalue weighted by Crippen LogP contribution is -2.24. The SMILES string of the molecule is N[C@H]1CC(c2ccc(F)cc2Br)Oc2ccc(F)cc21. The minimum Gasteiger partial charge on any atom is -0.485 e. The number of ether oxygens (including phenoxy) is 1. The van der Waals surface area contributed by atoms with Crippen molar-refractivity contribution < 1.29 is 13.5 Å². The van der Waals surface area contributed by atoms with Gasteiger partial charge < -0.3 is 10.5 Å². The fraction of sp³-hybridized carbons (Fsp3) is 0.200. The van der Waals surface area contributed by atoms with Crippen LogP contribution in [0.15, 0.2) is 40.9 Å². The molecule has 0 aromatic heterocycles. The molecule has 2 atom stereocenters. The van der Waals surface area contributed by atoms with Gasteiger partial charge in [-0.15, -0.1) is 0 Å². The zero-order chi connectivity index (χ0) is 14.3. The van der Waals surface area contributed by atoms with Gasteiger partial charge >= 0.3 is 0 Å². The summed E-state index contributed by atoms with van der Waals surface area (Å²) in [7, 11) is 0. The molecule has 0 fully saturated rings. The molecule has 2 aromatic rings. The summed E-state index contributed by atoms with van der Waals surface area (Å²) in [6.07, 6.45) is 0.235. The van der Waals surface area contributed by atoms with Gasteiger partial charge in [0.25, 0.3) is 0 Å². The summed E-state index contributed by atoms with van der Waals surface area (Å²) < 4.78 is 32.9. The van der Waals surface area contributed by atoms with E-state index in [9.17, 15) is 8.78 Å². The van der Waals surface area contributed by atoms with Crippen molar-refractivity contribution >= 4 is 15.9 Å². The molecule has 0 spiro atoms. The Balaban J connectivity index is 1.97. The molecule has 2 aromatic carbocycles. The van der Waals surface area contributed by atoms with Crippen molar-refractivity contribution in [2.75, 3.05) is 0 Å². The molecule has 3 rings (SSSR count). The van der Waals surface area contributed by atoms with Gasteiger partial charge in [-0.1, -0.05) is 22.0 Å². The number of benzene rings is 2. The average Bonchev–Trinajstić information content (AvgIpc) is 2.39. The van der Waals surface area contributed by atoms with Crippen molar-refractivity contribution in [2.24, 2.45) is 5.73 Å². The molecule has 0 amide bonds. The molecule has 1 heterocycles. The second-order valence-corrected chi connectivity index (χ2v) is 5.65. The first kappa shape index (κ1) is 13.5. The zero-order valence-electron chi connectivity index (χ0n) is 10.4. The van der Waals surface area contributed by atoms with Crippen molar-refractivity contribution in [3.63, 3.8) is 0 Å². The highest BCUT2D eigenvalue weighted by Crippen LogP contribution is 2.41. The van der Waals surface area contributed by atoms with Gasteiger partial charge in [0.1, 0.15) is 23.5 Å². The van der Waals surface area contributed by atoms with Crippen molar-refractivity contribution in [1.29, 1.82) is 0 Å². The van der Waals surface area contributed by atoms with Crippen LogP contribution in [0.1, 0.15) is 29.7 Å². The summed E-state index contributed by atoms with van der Waals surface area (Å²) in [5.41, 5.74) is 7.58. The number of halogens is 3. The minimum absolute atomic E-state index is 0.280. The number of fused-ring (bicyclic) bond motifs is 1. The molecule has 1 aliphatic heterocycles. The molecular formula is C15H12BrF2NO. The molecular weight excluding hydrogens is 328 g/mol. The predicted octanol–water partition coefficient (Wildman–Crippen LogP) is 4.25. The fourth-order valence-corrected chi connectivity index (χ4v) is 3.03. The summed E-state index contributed by atoms with van der Waals surface area (Å²) in [5.74, 6) is -0.0706. The molecule has 104 valence electrons. The van der Waals surface area contributed by atoms with Gasteiger partial charge in [-0.3, -0.25) is 0 Å². The lowest BCUT2D eigenvalue weighted by molar-refractivity contribution is 0.160. The van der Waals surface area contributed by atoms with E-state index in [1.54, 1.807) is 12.1 Å². The first-order valence-electron chi connectivity index (χ1n) is 6.21. The van der Waals surface area contributed by atoms with E-state index in [1.165, 1.54) is 24.3 Å². The highest BCUT2D eigenvalue weighted by Gasteiger charge is 2.28. The van der Waals surface area contributed by atoms with Crippen LogP contribution < -0.4 is 10.5 Å². The van der Waals surface area contributed by atoms with E-state index in [0.29, 0.717) is 22.2 Å². The van der Waals surface area contributed by atoms with Gasteiger partial charge in [0.15, 0.2) is 0 Å². The molecule has 0 radical (unpaired) electrons. The van der Waals surface area contributed by atoms with Crippen molar-refractivity contribution in [1.82, 2.24) is 0 Å². The normalized spacial score (nSPS) is 21.2. The lowest BCUT2D eigenvalue weighted by Gasteiger charge is -2.31. The monoisotopic (exact) mass is 339 g/mol. The first-order valence-corrected chi connectivity index (χ1v) is 7.00. The highest BCUT2D eigenvalue weighted by molar-refractivity contribution is 9.10. The van der Waals surface area contributed by atoms with Gasteiger partial charge in [-0.2, -0.15) is 0 Å². The topological polar surface area (TPSA) is 35.2 Å². The Morgan fingerprint density at radius 1 is 1.05 bits per heavy atom. The summed E-state index contributed by atoms with van der Waals surface area (Å²) in [6.45, 7) is 0. The van der Waals surface area contributed by atoms with E-state index in [2.05, 4.69) is 15.9 Å². The van der Waals surface area contributed by atoms with E-state index in [0.717, 1.165) is 5.56 Å². The van der Waals surface area contributed by atoms with Crippen LogP contribution >= 0.6 is 15.9 Å². The second-order valence-electron chi connectivity index (χ2n) is 4.80. The van der Waals surface area contributed by atoms with E-state index < -0.39 is 0 Å². The Hall–Kier alpha value is -1.46.